The van der Waals surface area contributed by atoms with E-state index in [0.29, 0.717) is 12.4 Å². The van der Waals surface area contributed by atoms with Crippen molar-refractivity contribution in [2.75, 3.05) is 6.54 Å². The quantitative estimate of drug-likeness (QED) is 0.853. The zero-order valence-electron chi connectivity index (χ0n) is 11.1. The molecule has 1 aliphatic rings. The van der Waals surface area contributed by atoms with E-state index in [1.807, 2.05) is 13.8 Å². The molecule has 1 aromatic rings. The molecule has 1 unspecified atom stereocenters. The molecule has 0 radical (unpaired) electrons. The standard InChI is InChI=1S/C13H21N3O2/c1-9-10(2)18-12(16-9)8-15-13(17)11-6-4-3-5-7-14-11/h11,14H,3-8H2,1-2H3,(H,15,17). The first-order valence-electron chi connectivity index (χ1n) is 6.61. The zero-order valence-corrected chi connectivity index (χ0v) is 11.1. The van der Waals surface area contributed by atoms with Gasteiger partial charge in [-0.15, -0.1) is 0 Å². The second-order valence-corrected chi connectivity index (χ2v) is 4.82. The molecule has 0 bridgehead atoms. The summed E-state index contributed by atoms with van der Waals surface area (Å²) in [7, 11) is 0. The Hall–Kier alpha value is -1.36. The van der Waals surface area contributed by atoms with Gasteiger partial charge in [0.2, 0.25) is 11.8 Å². The van der Waals surface area contributed by atoms with Crippen molar-refractivity contribution in [1.29, 1.82) is 0 Å². The first kappa shape index (κ1) is 13.1. The minimum atomic E-state index is -0.0651. The molecular formula is C13H21N3O2. The highest BCUT2D eigenvalue weighted by atomic mass is 16.4. The van der Waals surface area contributed by atoms with Crippen molar-refractivity contribution in [2.24, 2.45) is 0 Å². The number of hydrogen-bond acceptors (Lipinski definition) is 4. The van der Waals surface area contributed by atoms with Crippen molar-refractivity contribution >= 4 is 5.91 Å². The van der Waals surface area contributed by atoms with Crippen molar-refractivity contribution in [1.82, 2.24) is 15.6 Å². The molecule has 1 amide bonds. The van der Waals surface area contributed by atoms with Crippen molar-refractivity contribution in [3.05, 3.63) is 17.3 Å². The number of amides is 1. The second kappa shape index (κ2) is 6.00. The average Bonchev–Trinajstić information content (AvgIpc) is 2.60. The third kappa shape index (κ3) is 3.32. The highest BCUT2D eigenvalue weighted by Crippen LogP contribution is 2.10. The summed E-state index contributed by atoms with van der Waals surface area (Å²) in [5.41, 5.74) is 0.881. The van der Waals surface area contributed by atoms with Gasteiger partial charge in [-0.05, 0) is 33.2 Å². The van der Waals surface area contributed by atoms with E-state index in [9.17, 15) is 4.79 Å². The summed E-state index contributed by atoms with van der Waals surface area (Å²) in [5, 5.41) is 6.15. The number of carbonyl (C=O) groups excluding carboxylic acids is 1. The Morgan fingerprint density at radius 2 is 2.28 bits per heavy atom. The van der Waals surface area contributed by atoms with E-state index in [4.69, 9.17) is 4.42 Å². The van der Waals surface area contributed by atoms with E-state index >= 15 is 0 Å². The summed E-state index contributed by atoms with van der Waals surface area (Å²) in [6, 6.07) is -0.0651. The van der Waals surface area contributed by atoms with E-state index in [1.165, 1.54) is 6.42 Å². The molecule has 5 heteroatoms. The zero-order chi connectivity index (χ0) is 13.0. The fraction of sp³-hybridized carbons (Fsp3) is 0.692. The Bertz CT molecular complexity index is 387. The van der Waals surface area contributed by atoms with Crippen LogP contribution in [0.1, 0.15) is 43.0 Å². The molecular weight excluding hydrogens is 230 g/mol. The Labute approximate surface area is 107 Å². The maximum absolute atomic E-state index is 12.0. The Morgan fingerprint density at radius 3 is 3.00 bits per heavy atom. The first-order chi connectivity index (χ1) is 8.66. The SMILES string of the molecule is Cc1nc(CNC(=O)C2CCCCCN2)oc1C. The Morgan fingerprint density at radius 1 is 1.44 bits per heavy atom. The molecule has 1 aromatic heterocycles. The van der Waals surface area contributed by atoms with Crippen LogP contribution in [0.25, 0.3) is 0 Å². The maximum atomic E-state index is 12.0. The van der Waals surface area contributed by atoms with E-state index < -0.39 is 0 Å². The lowest BCUT2D eigenvalue weighted by Gasteiger charge is -2.14. The number of aromatic nitrogens is 1. The van der Waals surface area contributed by atoms with Crippen molar-refractivity contribution < 1.29 is 9.21 Å². The van der Waals surface area contributed by atoms with Crippen molar-refractivity contribution in [3.8, 4) is 0 Å². The minimum Gasteiger partial charge on any atom is -0.444 e. The lowest BCUT2D eigenvalue weighted by molar-refractivity contribution is -0.123. The van der Waals surface area contributed by atoms with Gasteiger partial charge in [0.05, 0.1) is 18.3 Å². The summed E-state index contributed by atoms with van der Waals surface area (Å²) in [6.07, 6.45) is 4.38. The summed E-state index contributed by atoms with van der Waals surface area (Å²) in [4.78, 5) is 16.2. The molecule has 18 heavy (non-hydrogen) atoms. The second-order valence-electron chi connectivity index (χ2n) is 4.82. The van der Waals surface area contributed by atoms with Gasteiger partial charge in [0, 0.05) is 0 Å². The summed E-state index contributed by atoms with van der Waals surface area (Å²) < 4.78 is 5.43. The molecule has 2 rings (SSSR count). The van der Waals surface area contributed by atoms with E-state index in [2.05, 4.69) is 15.6 Å². The van der Waals surface area contributed by atoms with Crippen LogP contribution >= 0.6 is 0 Å². The van der Waals surface area contributed by atoms with Gasteiger partial charge in [-0.25, -0.2) is 4.98 Å². The molecule has 1 aliphatic heterocycles. The van der Waals surface area contributed by atoms with Crippen LogP contribution in [0.4, 0.5) is 0 Å². The number of oxazole rings is 1. The van der Waals surface area contributed by atoms with Gasteiger partial charge in [-0.3, -0.25) is 4.79 Å². The molecule has 2 heterocycles. The molecule has 2 N–H and O–H groups in total. The number of hydrogen-bond donors (Lipinski definition) is 2. The summed E-state index contributed by atoms with van der Waals surface area (Å²) >= 11 is 0. The van der Waals surface area contributed by atoms with E-state index in [-0.39, 0.29) is 11.9 Å². The van der Waals surface area contributed by atoms with Crippen LogP contribution in [-0.2, 0) is 11.3 Å². The lowest BCUT2D eigenvalue weighted by Crippen LogP contribution is -2.43. The number of carbonyl (C=O) groups is 1. The normalized spacial score (nSPS) is 20.4. The number of nitrogens with one attached hydrogen (secondary N) is 2. The fourth-order valence-electron chi connectivity index (χ4n) is 2.15. The number of rotatable bonds is 3. The third-order valence-corrected chi connectivity index (χ3v) is 3.36. The van der Waals surface area contributed by atoms with Gasteiger partial charge in [0.1, 0.15) is 5.76 Å². The van der Waals surface area contributed by atoms with Gasteiger partial charge >= 0.3 is 0 Å². The predicted octanol–water partition coefficient (Wildman–Crippen LogP) is 1.44. The topological polar surface area (TPSA) is 67.2 Å². The molecule has 0 aliphatic carbocycles. The minimum absolute atomic E-state index is 0.0467. The van der Waals surface area contributed by atoms with Crippen LogP contribution in [0.2, 0.25) is 0 Å². The molecule has 0 saturated carbocycles. The Kier molecular flexibility index (Phi) is 4.36. The van der Waals surface area contributed by atoms with Crippen LogP contribution < -0.4 is 10.6 Å². The highest BCUT2D eigenvalue weighted by molar-refractivity contribution is 5.81. The Balaban J connectivity index is 1.83. The largest absolute Gasteiger partial charge is 0.444 e. The average molecular weight is 251 g/mol. The van der Waals surface area contributed by atoms with Gasteiger partial charge in [0.25, 0.3) is 0 Å². The van der Waals surface area contributed by atoms with E-state index in [0.717, 1.165) is 37.3 Å². The van der Waals surface area contributed by atoms with Gasteiger partial charge in [-0.1, -0.05) is 12.8 Å². The van der Waals surface area contributed by atoms with Crippen LogP contribution in [0, 0.1) is 13.8 Å². The molecule has 1 atom stereocenters. The van der Waals surface area contributed by atoms with Crippen LogP contribution in [0.15, 0.2) is 4.42 Å². The molecule has 1 fully saturated rings. The molecule has 0 aromatic carbocycles. The monoisotopic (exact) mass is 251 g/mol. The third-order valence-electron chi connectivity index (χ3n) is 3.36. The smallest absolute Gasteiger partial charge is 0.237 e. The van der Waals surface area contributed by atoms with E-state index in [1.54, 1.807) is 0 Å². The highest BCUT2D eigenvalue weighted by Gasteiger charge is 2.19. The molecule has 100 valence electrons. The summed E-state index contributed by atoms with van der Waals surface area (Å²) in [6.45, 7) is 5.07. The lowest BCUT2D eigenvalue weighted by atomic mass is 10.1. The fourth-order valence-corrected chi connectivity index (χ4v) is 2.15. The van der Waals surface area contributed by atoms with Crippen LogP contribution in [-0.4, -0.2) is 23.5 Å². The summed E-state index contributed by atoms with van der Waals surface area (Å²) in [5.74, 6) is 1.43. The van der Waals surface area contributed by atoms with Gasteiger partial charge in [-0.2, -0.15) is 0 Å². The van der Waals surface area contributed by atoms with Crippen LogP contribution in [0.5, 0.6) is 0 Å². The van der Waals surface area contributed by atoms with Crippen molar-refractivity contribution in [2.45, 2.75) is 52.1 Å². The van der Waals surface area contributed by atoms with Gasteiger partial charge < -0.3 is 15.1 Å². The predicted molar refractivity (Wildman–Crippen MR) is 68.1 cm³/mol. The van der Waals surface area contributed by atoms with Crippen LogP contribution in [0.3, 0.4) is 0 Å². The number of aryl methyl sites for hydroxylation is 2. The van der Waals surface area contributed by atoms with Crippen molar-refractivity contribution in [3.63, 3.8) is 0 Å². The van der Waals surface area contributed by atoms with Gasteiger partial charge in [0.15, 0.2) is 0 Å². The maximum Gasteiger partial charge on any atom is 0.237 e. The first-order valence-corrected chi connectivity index (χ1v) is 6.61. The molecule has 1 saturated heterocycles. The molecule has 5 nitrogen and oxygen atoms in total. The molecule has 0 spiro atoms. The number of nitrogens with zero attached hydrogens (tertiary/aromatic N) is 1.